The van der Waals surface area contributed by atoms with Gasteiger partial charge in [-0.3, -0.25) is 29.8 Å². The SMILES string of the molecule is O=C(Nc1ccc([N+](=O)[O-])s1)c1ccc2c(c1)Nc1ccc(C(=O)Nc3ccc([N+](=O)[O-])s3)cc1S2. The maximum atomic E-state index is 12.6. The van der Waals surface area contributed by atoms with Crippen molar-refractivity contribution in [2.45, 2.75) is 9.79 Å². The van der Waals surface area contributed by atoms with Gasteiger partial charge in [0.15, 0.2) is 0 Å². The number of hydrogen-bond donors (Lipinski definition) is 3. The zero-order valence-corrected chi connectivity index (χ0v) is 20.3. The normalized spacial score (nSPS) is 11.6. The lowest BCUT2D eigenvalue weighted by Gasteiger charge is -2.22. The van der Waals surface area contributed by atoms with Crippen molar-refractivity contribution >= 4 is 77.6 Å². The van der Waals surface area contributed by atoms with Gasteiger partial charge in [-0.2, -0.15) is 0 Å². The summed E-state index contributed by atoms with van der Waals surface area (Å²) >= 11 is 3.18. The van der Waals surface area contributed by atoms with Crippen LogP contribution in [0.15, 0.2) is 70.5 Å². The fourth-order valence-corrected chi connectivity index (χ4v) is 5.77. The summed E-state index contributed by atoms with van der Waals surface area (Å²) in [5, 5.41) is 30.9. The fourth-order valence-electron chi connectivity index (χ4n) is 3.33. The van der Waals surface area contributed by atoms with Gasteiger partial charge in [0.2, 0.25) is 0 Å². The molecular formula is C22H13N5O6S3. The summed E-state index contributed by atoms with van der Waals surface area (Å²) in [5.41, 5.74) is 2.23. The lowest BCUT2D eigenvalue weighted by Crippen LogP contribution is -2.13. The van der Waals surface area contributed by atoms with Gasteiger partial charge < -0.3 is 16.0 Å². The van der Waals surface area contributed by atoms with Gasteiger partial charge in [0.05, 0.1) is 21.2 Å². The molecule has 0 saturated carbocycles. The molecule has 11 nitrogen and oxygen atoms in total. The van der Waals surface area contributed by atoms with E-state index in [1.807, 2.05) is 0 Å². The Hall–Kier alpha value is -4.27. The number of benzene rings is 2. The van der Waals surface area contributed by atoms with Crippen LogP contribution in [0, 0.1) is 20.2 Å². The third-order valence-corrected chi connectivity index (χ3v) is 8.03. The number of nitrogens with one attached hydrogen (secondary N) is 3. The van der Waals surface area contributed by atoms with Crippen LogP contribution in [0.2, 0.25) is 0 Å². The quantitative estimate of drug-likeness (QED) is 0.167. The van der Waals surface area contributed by atoms with Crippen LogP contribution in [0.25, 0.3) is 0 Å². The van der Waals surface area contributed by atoms with Crippen LogP contribution in [0.1, 0.15) is 20.7 Å². The Morgan fingerprint density at radius 2 is 1.25 bits per heavy atom. The predicted molar refractivity (Wildman–Crippen MR) is 138 cm³/mol. The molecule has 0 spiro atoms. The smallest absolute Gasteiger partial charge is 0.326 e. The van der Waals surface area contributed by atoms with E-state index in [1.165, 1.54) is 36.0 Å². The Labute approximate surface area is 214 Å². The lowest BCUT2D eigenvalue weighted by atomic mass is 10.1. The molecule has 3 heterocycles. The average Bonchev–Trinajstić information content (AvgIpc) is 3.52. The molecule has 180 valence electrons. The van der Waals surface area contributed by atoms with Gasteiger partial charge in [-0.1, -0.05) is 11.8 Å². The summed E-state index contributed by atoms with van der Waals surface area (Å²) in [5.74, 6) is -0.783. The van der Waals surface area contributed by atoms with Crippen LogP contribution in [0.4, 0.5) is 31.4 Å². The van der Waals surface area contributed by atoms with Crippen molar-refractivity contribution in [1.82, 2.24) is 0 Å². The Morgan fingerprint density at radius 1 is 0.694 bits per heavy atom. The molecule has 0 fully saturated rings. The lowest BCUT2D eigenvalue weighted by molar-refractivity contribution is -0.380. The van der Waals surface area contributed by atoms with Gasteiger partial charge in [-0.05, 0) is 71.2 Å². The Morgan fingerprint density at radius 3 is 1.81 bits per heavy atom. The molecule has 2 amide bonds. The van der Waals surface area contributed by atoms with Crippen LogP contribution >= 0.6 is 34.4 Å². The van der Waals surface area contributed by atoms with E-state index in [-0.39, 0.29) is 15.9 Å². The summed E-state index contributed by atoms with van der Waals surface area (Å²) in [7, 11) is 0. The van der Waals surface area contributed by atoms with Crippen molar-refractivity contribution in [3.05, 3.63) is 92.0 Å². The molecule has 1 aliphatic heterocycles. The molecule has 0 unspecified atom stereocenters. The van der Waals surface area contributed by atoms with Crippen LogP contribution in [-0.4, -0.2) is 21.7 Å². The van der Waals surface area contributed by atoms with E-state index < -0.39 is 15.8 Å². The van der Waals surface area contributed by atoms with Crippen molar-refractivity contribution in [1.29, 1.82) is 0 Å². The summed E-state index contributed by atoms with van der Waals surface area (Å²) in [6, 6.07) is 15.9. The molecule has 2 aromatic heterocycles. The minimum absolute atomic E-state index is 0.0585. The molecule has 0 saturated heterocycles. The Kier molecular flexibility index (Phi) is 6.13. The van der Waals surface area contributed by atoms with E-state index >= 15 is 0 Å². The maximum Gasteiger partial charge on any atom is 0.326 e. The number of anilines is 4. The zero-order chi connectivity index (χ0) is 25.4. The van der Waals surface area contributed by atoms with E-state index in [1.54, 1.807) is 36.4 Å². The second kappa shape index (κ2) is 9.41. The first kappa shape index (κ1) is 23.5. The van der Waals surface area contributed by atoms with Gasteiger partial charge >= 0.3 is 10.0 Å². The number of hydrogen-bond acceptors (Lipinski definition) is 10. The highest BCUT2D eigenvalue weighted by atomic mass is 32.2. The van der Waals surface area contributed by atoms with Gasteiger partial charge in [0.25, 0.3) is 11.8 Å². The van der Waals surface area contributed by atoms with Crippen LogP contribution < -0.4 is 16.0 Å². The minimum Gasteiger partial charge on any atom is -0.354 e. The van der Waals surface area contributed by atoms with Crippen LogP contribution in [0.5, 0.6) is 0 Å². The largest absolute Gasteiger partial charge is 0.354 e. The average molecular weight is 540 g/mol. The molecule has 0 bridgehead atoms. The molecule has 1 aliphatic rings. The van der Waals surface area contributed by atoms with Crippen molar-refractivity contribution in [2.24, 2.45) is 0 Å². The number of carbonyl (C=O) groups excluding carboxylic acids is 2. The summed E-state index contributed by atoms with van der Waals surface area (Å²) in [6.45, 7) is 0. The molecule has 3 N–H and O–H groups in total. The van der Waals surface area contributed by atoms with Crippen molar-refractivity contribution in [2.75, 3.05) is 16.0 Å². The molecule has 36 heavy (non-hydrogen) atoms. The molecule has 0 atom stereocenters. The number of thiophene rings is 2. The molecular weight excluding hydrogens is 526 g/mol. The minimum atomic E-state index is -0.513. The topological polar surface area (TPSA) is 157 Å². The molecule has 4 aromatic rings. The van der Waals surface area contributed by atoms with Gasteiger partial charge in [0.1, 0.15) is 10.0 Å². The third-order valence-electron chi connectivity index (χ3n) is 4.99. The van der Waals surface area contributed by atoms with E-state index in [2.05, 4.69) is 16.0 Å². The van der Waals surface area contributed by atoms with Crippen molar-refractivity contribution in [3.8, 4) is 0 Å². The van der Waals surface area contributed by atoms with Crippen molar-refractivity contribution < 1.29 is 19.4 Å². The molecule has 2 aromatic carbocycles. The number of carbonyl (C=O) groups is 2. The zero-order valence-electron chi connectivity index (χ0n) is 17.8. The summed E-state index contributed by atoms with van der Waals surface area (Å²) in [4.78, 5) is 47.6. The number of fused-ring (bicyclic) bond motifs is 2. The summed E-state index contributed by atoms with van der Waals surface area (Å²) in [6.07, 6.45) is 0. The Bertz CT molecular complexity index is 1450. The number of nitro groups is 2. The van der Waals surface area contributed by atoms with E-state index in [4.69, 9.17) is 0 Å². The molecule has 14 heteroatoms. The number of amides is 2. The van der Waals surface area contributed by atoms with Gasteiger partial charge in [-0.15, -0.1) is 0 Å². The standard InChI is InChI=1S/C22H13N5O6S3/c28-21(24-17-5-7-19(35-17)26(30)31)11-2-4-15-14(9-11)23-13-3-1-12(10-16(13)34-15)22(29)25-18-6-8-20(36-18)27(32)33/h1-10,23H,(H,24,28)(H,25,29). The fraction of sp³-hybridized carbons (Fsp3) is 0. The summed E-state index contributed by atoms with van der Waals surface area (Å²) < 4.78 is 0. The third kappa shape index (κ3) is 4.77. The van der Waals surface area contributed by atoms with Crippen LogP contribution in [-0.2, 0) is 0 Å². The number of rotatable bonds is 6. The first-order valence-corrected chi connectivity index (χ1v) is 12.6. The van der Waals surface area contributed by atoms with Gasteiger partial charge in [0, 0.05) is 33.1 Å². The molecule has 0 aliphatic carbocycles. The molecule has 0 radical (unpaired) electrons. The van der Waals surface area contributed by atoms with E-state index in [9.17, 15) is 29.8 Å². The number of nitrogens with zero attached hydrogens (tertiary/aromatic N) is 2. The first-order chi connectivity index (χ1) is 17.3. The monoisotopic (exact) mass is 539 g/mol. The first-order valence-electron chi connectivity index (χ1n) is 10.1. The highest BCUT2D eigenvalue weighted by Gasteiger charge is 2.21. The van der Waals surface area contributed by atoms with E-state index in [0.717, 1.165) is 38.2 Å². The molecule has 5 rings (SSSR count). The van der Waals surface area contributed by atoms with Crippen LogP contribution in [0.3, 0.4) is 0 Å². The second-order valence-corrected chi connectivity index (χ2v) is 10.6. The highest BCUT2D eigenvalue weighted by Crippen LogP contribution is 2.45. The van der Waals surface area contributed by atoms with Crippen molar-refractivity contribution in [3.63, 3.8) is 0 Å². The highest BCUT2D eigenvalue weighted by molar-refractivity contribution is 7.99. The van der Waals surface area contributed by atoms with Gasteiger partial charge in [-0.25, -0.2) is 0 Å². The predicted octanol–water partition coefficient (Wildman–Crippen LogP) is 6.34. The maximum absolute atomic E-state index is 12.6. The second-order valence-electron chi connectivity index (χ2n) is 7.35. The van der Waals surface area contributed by atoms with E-state index in [0.29, 0.717) is 26.8 Å². The Balaban J connectivity index is 1.29.